The van der Waals surface area contributed by atoms with Crippen molar-refractivity contribution in [2.24, 2.45) is 0 Å². The van der Waals surface area contributed by atoms with Gasteiger partial charge in [-0.3, -0.25) is 0 Å². The van der Waals surface area contributed by atoms with Gasteiger partial charge in [-0.2, -0.15) is 0 Å². The highest BCUT2D eigenvalue weighted by Crippen LogP contribution is 2.11. The van der Waals surface area contributed by atoms with Crippen LogP contribution in [0, 0.1) is 0 Å². The molecule has 1 heterocycles. The molecule has 0 atom stereocenters. The van der Waals surface area contributed by atoms with Gasteiger partial charge in [-0.15, -0.1) is 8.42 Å². The highest BCUT2D eigenvalue weighted by Gasteiger charge is 2.22. The first-order valence-corrected chi connectivity index (χ1v) is 9.93. The Morgan fingerprint density at radius 2 is 1.45 bits per heavy atom. The number of aryl methyl sites for hydroxylation is 1. The van der Waals surface area contributed by atoms with Crippen molar-refractivity contribution in [3.63, 3.8) is 0 Å². The van der Waals surface area contributed by atoms with Gasteiger partial charge in [-0.1, -0.05) is 74.7 Å². The van der Waals surface area contributed by atoms with Crippen molar-refractivity contribution in [3.05, 3.63) is 30.1 Å². The third kappa shape index (κ3) is 7.90. The SMILES string of the molecule is CCCCCCCCCCCCc1cccc[n+]1S(=O)(=O)O. The van der Waals surface area contributed by atoms with Gasteiger partial charge in [-0.05, 0) is 6.42 Å². The Kier molecular flexibility index (Phi) is 9.32. The molecule has 0 amide bonds. The maximum absolute atomic E-state index is 11.3. The lowest BCUT2D eigenvalue weighted by Gasteiger charge is -2.02. The maximum Gasteiger partial charge on any atom is 0.511 e. The van der Waals surface area contributed by atoms with E-state index in [9.17, 15) is 8.42 Å². The molecule has 1 rings (SSSR count). The molecule has 0 aromatic carbocycles. The Labute approximate surface area is 135 Å². The molecule has 4 nitrogen and oxygen atoms in total. The van der Waals surface area contributed by atoms with E-state index >= 15 is 0 Å². The Morgan fingerprint density at radius 3 is 2.00 bits per heavy atom. The van der Waals surface area contributed by atoms with Crippen molar-refractivity contribution in [3.8, 4) is 0 Å². The highest BCUT2D eigenvalue weighted by atomic mass is 32.2. The second-order valence-electron chi connectivity index (χ2n) is 5.90. The van der Waals surface area contributed by atoms with Crippen molar-refractivity contribution in [1.29, 1.82) is 0 Å². The molecule has 0 saturated heterocycles. The number of pyridine rings is 1. The van der Waals surface area contributed by atoms with Crippen LogP contribution in [-0.2, 0) is 16.7 Å². The van der Waals surface area contributed by atoms with E-state index < -0.39 is 10.3 Å². The predicted octanol–water partition coefficient (Wildman–Crippen LogP) is 4.09. The Hall–Kier alpha value is -0.940. The van der Waals surface area contributed by atoms with Crippen LogP contribution >= 0.6 is 0 Å². The minimum absolute atomic E-state index is 0.643. The first-order chi connectivity index (χ1) is 10.6. The van der Waals surface area contributed by atoms with Crippen molar-refractivity contribution in [2.45, 2.75) is 77.6 Å². The molecule has 5 heteroatoms. The van der Waals surface area contributed by atoms with Crippen LogP contribution in [0.2, 0.25) is 0 Å². The first kappa shape index (κ1) is 19.1. The summed E-state index contributed by atoms with van der Waals surface area (Å²) >= 11 is 0. The fourth-order valence-corrected chi connectivity index (χ4v) is 3.35. The summed E-state index contributed by atoms with van der Waals surface area (Å²) in [5.41, 5.74) is 0.643. The molecule has 0 spiro atoms. The van der Waals surface area contributed by atoms with E-state index in [1.54, 1.807) is 18.2 Å². The van der Waals surface area contributed by atoms with Gasteiger partial charge in [0, 0.05) is 18.6 Å². The third-order valence-corrected chi connectivity index (χ3v) is 4.79. The maximum atomic E-state index is 11.3. The van der Waals surface area contributed by atoms with Crippen LogP contribution < -0.4 is 3.97 Å². The number of hydrogen-bond donors (Lipinski definition) is 1. The lowest BCUT2D eigenvalue weighted by molar-refractivity contribution is -0.528. The zero-order chi connectivity index (χ0) is 16.3. The summed E-state index contributed by atoms with van der Waals surface area (Å²) in [6.07, 6.45) is 14.6. The summed E-state index contributed by atoms with van der Waals surface area (Å²) in [5.74, 6) is 0. The van der Waals surface area contributed by atoms with E-state index in [4.69, 9.17) is 4.55 Å². The van der Waals surface area contributed by atoms with Crippen LogP contribution in [0.1, 0.15) is 76.8 Å². The van der Waals surface area contributed by atoms with E-state index in [2.05, 4.69) is 6.92 Å². The second kappa shape index (κ2) is 10.7. The molecule has 0 aliphatic carbocycles. The number of rotatable bonds is 12. The van der Waals surface area contributed by atoms with Gasteiger partial charge >= 0.3 is 10.3 Å². The zero-order valence-corrected chi connectivity index (χ0v) is 14.5. The molecule has 22 heavy (non-hydrogen) atoms. The monoisotopic (exact) mass is 328 g/mol. The van der Waals surface area contributed by atoms with Gasteiger partial charge in [0.1, 0.15) is 0 Å². The molecular weight excluding hydrogens is 298 g/mol. The smallest absolute Gasteiger partial charge is 0.233 e. The van der Waals surface area contributed by atoms with Gasteiger partial charge < -0.3 is 0 Å². The first-order valence-electron chi connectivity index (χ1n) is 8.53. The van der Waals surface area contributed by atoms with Crippen LogP contribution in [0.5, 0.6) is 0 Å². The minimum Gasteiger partial charge on any atom is -0.233 e. The summed E-state index contributed by atoms with van der Waals surface area (Å²) in [4.78, 5) is 0. The lowest BCUT2D eigenvalue weighted by atomic mass is 10.1. The topological polar surface area (TPSA) is 58.2 Å². The van der Waals surface area contributed by atoms with Crippen LogP contribution in [0.15, 0.2) is 24.4 Å². The van der Waals surface area contributed by atoms with E-state index in [1.165, 1.54) is 57.6 Å². The Morgan fingerprint density at radius 1 is 0.909 bits per heavy atom. The largest absolute Gasteiger partial charge is 0.511 e. The molecular formula is C17H30NO3S+. The molecule has 1 N–H and O–H groups in total. The van der Waals surface area contributed by atoms with Crippen LogP contribution in [0.25, 0.3) is 0 Å². The highest BCUT2D eigenvalue weighted by molar-refractivity contribution is 7.79. The van der Waals surface area contributed by atoms with Crippen molar-refractivity contribution in [2.75, 3.05) is 0 Å². The molecule has 0 bridgehead atoms. The van der Waals surface area contributed by atoms with Gasteiger partial charge in [-0.25, -0.2) is 4.55 Å². The molecule has 0 unspecified atom stereocenters. The number of nitrogens with zero attached hydrogens (tertiary/aromatic N) is 1. The van der Waals surface area contributed by atoms with Gasteiger partial charge in [0.15, 0.2) is 6.20 Å². The molecule has 0 aliphatic rings. The summed E-state index contributed by atoms with van der Waals surface area (Å²) in [6, 6.07) is 5.16. The molecule has 0 fully saturated rings. The number of unbranched alkanes of at least 4 members (excludes halogenated alkanes) is 9. The summed E-state index contributed by atoms with van der Waals surface area (Å²) in [5, 5.41) is 0. The predicted molar refractivity (Wildman–Crippen MR) is 89.1 cm³/mol. The molecule has 0 saturated carbocycles. The summed E-state index contributed by atoms with van der Waals surface area (Å²) in [6.45, 7) is 2.23. The molecule has 1 aromatic rings. The average molecular weight is 328 g/mol. The normalized spacial score (nSPS) is 11.7. The lowest BCUT2D eigenvalue weighted by Crippen LogP contribution is -2.45. The van der Waals surface area contributed by atoms with Crippen LogP contribution in [0.3, 0.4) is 0 Å². The Balaban J connectivity index is 2.16. The number of hydrogen-bond acceptors (Lipinski definition) is 2. The van der Waals surface area contributed by atoms with E-state index in [-0.39, 0.29) is 0 Å². The quantitative estimate of drug-likeness (QED) is 0.357. The fraction of sp³-hybridized carbons (Fsp3) is 0.706. The van der Waals surface area contributed by atoms with Gasteiger partial charge in [0.25, 0.3) is 0 Å². The Bertz CT molecular complexity index is 514. The van der Waals surface area contributed by atoms with Gasteiger partial charge in [0.2, 0.25) is 5.69 Å². The van der Waals surface area contributed by atoms with Crippen molar-refractivity contribution < 1.29 is 16.9 Å². The van der Waals surface area contributed by atoms with Crippen molar-refractivity contribution >= 4 is 10.3 Å². The van der Waals surface area contributed by atoms with E-state index in [0.29, 0.717) is 12.1 Å². The molecule has 126 valence electrons. The second-order valence-corrected chi connectivity index (χ2v) is 7.19. The van der Waals surface area contributed by atoms with Crippen LogP contribution in [-0.4, -0.2) is 13.0 Å². The zero-order valence-electron chi connectivity index (χ0n) is 13.7. The van der Waals surface area contributed by atoms with E-state index in [1.807, 2.05) is 0 Å². The summed E-state index contributed by atoms with van der Waals surface area (Å²) < 4.78 is 32.6. The average Bonchev–Trinajstić information content (AvgIpc) is 2.48. The van der Waals surface area contributed by atoms with E-state index in [0.717, 1.165) is 16.8 Å². The standard InChI is InChI=1S/C17H29NO3S/c1-2-3-4-5-6-7-8-9-10-11-14-17-15-12-13-16-18(17)22(19,20)21/h12-13,15-16H,2-11,14H2,1H3/p+1. The van der Waals surface area contributed by atoms with Crippen LogP contribution in [0.4, 0.5) is 0 Å². The summed E-state index contributed by atoms with van der Waals surface area (Å²) in [7, 11) is -4.18. The molecule has 0 aliphatic heterocycles. The third-order valence-electron chi connectivity index (χ3n) is 3.94. The number of aromatic nitrogens is 1. The minimum atomic E-state index is -4.18. The van der Waals surface area contributed by atoms with Crippen molar-refractivity contribution in [1.82, 2.24) is 0 Å². The fourth-order valence-electron chi connectivity index (χ4n) is 2.68. The molecule has 0 radical (unpaired) electrons. The van der Waals surface area contributed by atoms with Gasteiger partial charge in [0.05, 0.1) is 0 Å². The molecule has 1 aromatic heterocycles.